The number of nitrogens with one attached hydrogen (secondary N) is 1. The summed E-state index contributed by atoms with van der Waals surface area (Å²) < 4.78 is 10.6. The lowest BCUT2D eigenvalue weighted by Crippen LogP contribution is -2.00. The van der Waals surface area contributed by atoms with Crippen LogP contribution in [0.25, 0.3) is 0 Å². The first-order chi connectivity index (χ1) is 9.13. The van der Waals surface area contributed by atoms with Crippen molar-refractivity contribution in [1.82, 2.24) is 15.0 Å². The van der Waals surface area contributed by atoms with Crippen molar-refractivity contribution in [2.45, 2.75) is 6.92 Å². The van der Waals surface area contributed by atoms with Crippen LogP contribution in [0.15, 0.2) is 18.5 Å². The van der Waals surface area contributed by atoms with E-state index in [1.165, 1.54) is 6.33 Å². The van der Waals surface area contributed by atoms with Crippen molar-refractivity contribution in [2.24, 2.45) is 0 Å². The third-order valence-electron chi connectivity index (χ3n) is 2.46. The molecule has 1 heterocycles. The molecule has 0 aliphatic carbocycles. The van der Waals surface area contributed by atoms with Gasteiger partial charge in [0.25, 0.3) is 0 Å². The minimum Gasteiger partial charge on any atom is -0.493 e. The Kier molecular flexibility index (Phi) is 4.01. The number of benzene rings is 1. The Morgan fingerprint density at radius 3 is 2.58 bits per heavy atom. The molecule has 0 bridgehead atoms. The van der Waals surface area contributed by atoms with E-state index in [9.17, 15) is 0 Å². The summed E-state index contributed by atoms with van der Waals surface area (Å²) >= 11 is 5.70. The molecular formula is C12H13ClN4O2. The van der Waals surface area contributed by atoms with Crippen LogP contribution in [0.3, 0.4) is 0 Å². The van der Waals surface area contributed by atoms with Gasteiger partial charge in [-0.2, -0.15) is 4.98 Å². The van der Waals surface area contributed by atoms with E-state index >= 15 is 0 Å². The Morgan fingerprint density at radius 1 is 1.16 bits per heavy atom. The normalized spacial score (nSPS) is 10.1. The highest BCUT2D eigenvalue weighted by atomic mass is 35.5. The number of hydrogen-bond donors (Lipinski definition) is 1. The lowest BCUT2D eigenvalue weighted by atomic mass is 10.2. The predicted molar refractivity (Wildman–Crippen MR) is 72.4 cm³/mol. The van der Waals surface area contributed by atoms with Crippen LogP contribution in [0.2, 0.25) is 5.28 Å². The lowest BCUT2D eigenvalue weighted by molar-refractivity contribution is 0.353. The monoisotopic (exact) mass is 280 g/mol. The topological polar surface area (TPSA) is 69.2 Å². The Morgan fingerprint density at radius 2 is 1.95 bits per heavy atom. The van der Waals surface area contributed by atoms with Gasteiger partial charge in [-0.25, -0.2) is 9.97 Å². The molecule has 0 unspecified atom stereocenters. The molecule has 0 aliphatic heterocycles. The Bertz CT molecular complexity index is 592. The van der Waals surface area contributed by atoms with E-state index in [0.717, 1.165) is 11.3 Å². The van der Waals surface area contributed by atoms with Gasteiger partial charge in [0.15, 0.2) is 11.5 Å². The van der Waals surface area contributed by atoms with Crippen molar-refractivity contribution >= 4 is 23.2 Å². The highest BCUT2D eigenvalue weighted by Gasteiger charge is 2.10. The van der Waals surface area contributed by atoms with Crippen LogP contribution in [-0.4, -0.2) is 29.2 Å². The summed E-state index contributed by atoms with van der Waals surface area (Å²) in [6.45, 7) is 1.92. The fourth-order valence-corrected chi connectivity index (χ4v) is 1.82. The number of methoxy groups -OCH3 is 2. The molecule has 0 spiro atoms. The highest BCUT2D eigenvalue weighted by Crippen LogP contribution is 2.34. The molecule has 0 radical (unpaired) electrons. The largest absolute Gasteiger partial charge is 0.493 e. The fraction of sp³-hybridized carbons (Fsp3) is 0.250. The molecule has 6 nitrogen and oxygen atoms in total. The van der Waals surface area contributed by atoms with Crippen molar-refractivity contribution in [3.05, 3.63) is 29.3 Å². The number of nitrogens with zero attached hydrogens (tertiary/aromatic N) is 3. The molecule has 2 aromatic rings. The van der Waals surface area contributed by atoms with Gasteiger partial charge in [-0.05, 0) is 30.2 Å². The van der Waals surface area contributed by atoms with Crippen LogP contribution in [0, 0.1) is 6.92 Å². The first-order valence-electron chi connectivity index (χ1n) is 5.48. The van der Waals surface area contributed by atoms with E-state index < -0.39 is 0 Å². The van der Waals surface area contributed by atoms with Crippen LogP contribution in [0.1, 0.15) is 5.56 Å². The SMILES string of the molecule is COc1cc(Nc2ncnc(Cl)n2)cc(C)c1OC. The van der Waals surface area contributed by atoms with E-state index in [4.69, 9.17) is 21.1 Å². The van der Waals surface area contributed by atoms with Gasteiger partial charge < -0.3 is 14.8 Å². The Labute approximate surface area is 115 Å². The van der Waals surface area contributed by atoms with Crippen molar-refractivity contribution < 1.29 is 9.47 Å². The van der Waals surface area contributed by atoms with E-state index in [2.05, 4.69) is 20.3 Å². The van der Waals surface area contributed by atoms with E-state index in [-0.39, 0.29) is 5.28 Å². The van der Waals surface area contributed by atoms with Crippen LogP contribution in [0.5, 0.6) is 11.5 Å². The van der Waals surface area contributed by atoms with E-state index in [0.29, 0.717) is 17.4 Å². The minimum atomic E-state index is 0.134. The summed E-state index contributed by atoms with van der Waals surface area (Å²) in [5.74, 6) is 1.69. The summed E-state index contributed by atoms with van der Waals surface area (Å²) in [7, 11) is 3.19. The molecule has 0 aliphatic rings. The molecule has 0 saturated heterocycles. The Hall–Kier alpha value is -2.08. The van der Waals surface area contributed by atoms with Crippen molar-refractivity contribution in [2.75, 3.05) is 19.5 Å². The highest BCUT2D eigenvalue weighted by molar-refractivity contribution is 6.28. The van der Waals surface area contributed by atoms with Crippen LogP contribution in [0.4, 0.5) is 11.6 Å². The number of aryl methyl sites for hydroxylation is 1. The standard InChI is InChI=1S/C12H13ClN4O2/c1-7-4-8(5-9(18-2)10(7)19-3)16-12-15-6-14-11(13)17-12/h4-6H,1-3H3,(H,14,15,16,17). The number of anilines is 2. The predicted octanol–water partition coefficient (Wildman–Crippen LogP) is 2.59. The van der Waals surface area contributed by atoms with Gasteiger partial charge >= 0.3 is 0 Å². The second kappa shape index (κ2) is 5.71. The molecule has 7 heteroatoms. The summed E-state index contributed by atoms with van der Waals surface area (Å²) in [4.78, 5) is 11.6. The maximum absolute atomic E-state index is 5.70. The fourth-order valence-electron chi connectivity index (χ4n) is 1.69. The smallest absolute Gasteiger partial charge is 0.231 e. The van der Waals surface area contributed by atoms with Gasteiger partial charge in [0, 0.05) is 11.8 Å². The minimum absolute atomic E-state index is 0.134. The molecule has 0 atom stereocenters. The third-order valence-corrected chi connectivity index (χ3v) is 2.65. The second-order valence-electron chi connectivity index (χ2n) is 3.73. The lowest BCUT2D eigenvalue weighted by Gasteiger charge is -2.13. The van der Waals surface area contributed by atoms with Crippen molar-refractivity contribution in [3.8, 4) is 11.5 Å². The molecule has 19 heavy (non-hydrogen) atoms. The molecule has 2 rings (SSSR count). The molecule has 0 fully saturated rings. The zero-order chi connectivity index (χ0) is 13.8. The van der Waals surface area contributed by atoms with Crippen LogP contribution in [-0.2, 0) is 0 Å². The van der Waals surface area contributed by atoms with Crippen LogP contribution < -0.4 is 14.8 Å². The molecule has 1 N–H and O–H groups in total. The quantitative estimate of drug-likeness (QED) is 0.928. The van der Waals surface area contributed by atoms with Gasteiger partial charge in [0.05, 0.1) is 14.2 Å². The van der Waals surface area contributed by atoms with Gasteiger partial charge in [-0.15, -0.1) is 0 Å². The van der Waals surface area contributed by atoms with Gasteiger partial charge in [0.2, 0.25) is 11.2 Å². The number of hydrogen-bond acceptors (Lipinski definition) is 6. The maximum Gasteiger partial charge on any atom is 0.231 e. The molecule has 0 saturated carbocycles. The average molecular weight is 281 g/mol. The van der Waals surface area contributed by atoms with E-state index in [1.54, 1.807) is 20.3 Å². The second-order valence-corrected chi connectivity index (χ2v) is 4.07. The summed E-state index contributed by atoms with van der Waals surface area (Å²) in [5, 5.41) is 3.16. The van der Waals surface area contributed by atoms with Crippen LogP contribution >= 0.6 is 11.6 Å². The van der Waals surface area contributed by atoms with Gasteiger partial charge in [0.1, 0.15) is 6.33 Å². The number of halogens is 1. The number of ether oxygens (including phenoxy) is 2. The molecule has 0 amide bonds. The van der Waals surface area contributed by atoms with Gasteiger partial charge in [-0.1, -0.05) is 0 Å². The summed E-state index contributed by atoms with van der Waals surface area (Å²) in [6, 6.07) is 3.70. The van der Waals surface area contributed by atoms with E-state index in [1.807, 2.05) is 13.0 Å². The first-order valence-corrected chi connectivity index (χ1v) is 5.86. The maximum atomic E-state index is 5.70. The van der Waals surface area contributed by atoms with Gasteiger partial charge in [-0.3, -0.25) is 0 Å². The molecule has 100 valence electrons. The number of rotatable bonds is 4. The van der Waals surface area contributed by atoms with Crippen molar-refractivity contribution in [1.29, 1.82) is 0 Å². The zero-order valence-electron chi connectivity index (χ0n) is 10.8. The number of aromatic nitrogens is 3. The average Bonchev–Trinajstić information content (AvgIpc) is 2.38. The molecule has 1 aromatic carbocycles. The third kappa shape index (κ3) is 3.03. The van der Waals surface area contributed by atoms with Crippen molar-refractivity contribution in [3.63, 3.8) is 0 Å². The summed E-state index contributed by atoms with van der Waals surface area (Å²) in [6.07, 6.45) is 1.34. The first kappa shape index (κ1) is 13.4. The Balaban J connectivity index is 2.33. The summed E-state index contributed by atoms with van der Waals surface area (Å²) in [5.41, 5.74) is 1.71. The zero-order valence-corrected chi connectivity index (χ0v) is 11.5. The molecular weight excluding hydrogens is 268 g/mol. The molecule has 1 aromatic heterocycles.